The largest absolute Gasteiger partial charge is 0.392 e. The van der Waals surface area contributed by atoms with Crippen LogP contribution < -0.4 is 5.32 Å². The van der Waals surface area contributed by atoms with E-state index in [0.717, 1.165) is 11.1 Å². The number of halogens is 1. The van der Waals surface area contributed by atoms with Gasteiger partial charge < -0.3 is 10.4 Å². The predicted octanol–water partition coefficient (Wildman–Crippen LogP) is 2.74. The lowest BCUT2D eigenvalue weighted by molar-refractivity contribution is -0.122. The molecule has 3 nitrogen and oxygen atoms in total. The number of benzene rings is 2. The van der Waals surface area contributed by atoms with E-state index in [1.54, 1.807) is 18.2 Å². The lowest BCUT2D eigenvalue weighted by Crippen LogP contribution is -2.25. The molecule has 0 saturated heterocycles. The van der Waals surface area contributed by atoms with Crippen LogP contribution in [0, 0.1) is 11.7 Å². The smallest absolute Gasteiger partial charge is 0.224 e. The molecule has 1 aliphatic carbocycles. The van der Waals surface area contributed by atoms with Crippen molar-refractivity contribution in [2.45, 2.75) is 25.5 Å². The van der Waals surface area contributed by atoms with Gasteiger partial charge in [0.1, 0.15) is 5.82 Å². The van der Waals surface area contributed by atoms with Gasteiger partial charge in [-0.3, -0.25) is 4.79 Å². The van der Waals surface area contributed by atoms with E-state index in [2.05, 4.69) is 5.32 Å². The first-order chi connectivity index (χ1) is 10.7. The normalized spacial score (nSPS) is 19.7. The molecule has 2 unspecified atom stereocenters. The van der Waals surface area contributed by atoms with E-state index in [1.807, 2.05) is 24.3 Å². The first kappa shape index (κ1) is 14.7. The van der Waals surface area contributed by atoms with Crippen molar-refractivity contribution in [1.29, 1.82) is 0 Å². The summed E-state index contributed by atoms with van der Waals surface area (Å²) in [6.45, 7) is 0.337. The topological polar surface area (TPSA) is 49.3 Å². The Morgan fingerprint density at radius 3 is 2.55 bits per heavy atom. The molecule has 1 fully saturated rings. The van der Waals surface area contributed by atoms with Crippen molar-refractivity contribution in [1.82, 2.24) is 5.32 Å². The van der Waals surface area contributed by atoms with Crippen LogP contribution in [0.25, 0.3) is 0 Å². The molecule has 2 N–H and O–H groups in total. The number of nitrogens with one attached hydrogen (secondary N) is 1. The van der Waals surface area contributed by atoms with Crippen LogP contribution in [0.2, 0.25) is 0 Å². The molecule has 0 heterocycles. The van der Waals surface area contributed by atoms with Gasteiger partial charge in [-0.15, -0.1) is 0 Å². The highest BCUT2D eigenvalue weighted by Gasteiger charge is 2.44. The van der Waals surface area contributed by atoms with Crippen LogP contribution in [0.3, 0.4) is 0 Å². The van der Waals surface area contributed by atoms with Gasteiger partial charge in [-0.1, -0.05) is 42.5 Å². The highest BCUT2D eigenvalue weighted by molar-refractivity contribution is 5.82. The molecule has 4 heteroatoms. The summed E-state index contributed by atoms with van der Waals surface area (Å²) in [5.74, 6) is -0.470. The second-order valence-corrected chi connectivity index (χ2v) is 5.61. The number of hydrogen-bond acceptors (Lipinski definition) is 2. The van der Waals surface area contributed by atoms with Crippen LogP contribution >= 0.6 is 0 Å². The summed E-state index contributed by atoms with van der Waals surface area (Å²) in [6.07, 6.45) is 0.689. The van der Waals surface area contributed by atoms with Crippen molar-refractivity contribution < 1.29 is 14.3 Å². The van der Waals surface area contributed by atoms with E-state index < -0.39 is 0 Å². The van der Waals surface area contributed by atoms with Gasteiger partial charge in [-0.05, 0) is 35.1 Å². The van der Waals surface area contributed by atoms with Gasteiger partial charge in [0.2, 0.25) is 5.91 Å². The second kappa shape index (κ2) is 6.28. The molecule has 2 aromatic carbocycles. The fraction of sp³-hybridized carbons (Fsp3) is 0.278. The molecule has 0 aromatic heterocycles. The first-order valence-corrected chi connectivity index (χ1v) is 7.40. The lowest BCUT2D eigenvalue weighted by atomic mass is 10.1. The van der Waals surface area contributed by atoms with Crippen LogP contribution in [-0.2, 0) is 17.9 Å². The second-order valence-electron chi connectivity index (χ2n) is 5.61. The zero-order valence-corrected chi connectivity index (χ0v) is 12.1. The molecule has 1 amide bonds. The molecule has 2 atom stereocenters. The summed E-state index contributed by atoms with van der Waals surface area (Å²) in [6, 6.07) is 14.1. The van der Waals surface area contributed by atoms with Gasteiger partial charge in [0.05, 0.1) is 6.61 Å². The molecule has 1 saturated carbocycles. The lowest BCUT2D eigenvalue weighted by Gasteiger charge is -2.09. The molecule has 1 aliphatic rings. The quantitative estimate of drug-likeness (QED) is 0.892. The molecule has 3 rings (SSSR count). The number of amides is 1. The van der Waals surface area contributed by atoms with Crippen molar-refractivity contribution in [3.05, 3.63) is 71.0 Å². The Kier molecular flexibility index (Phi) is 4.20. The number of carbonyl (C=O) groups is 1. The molecule has 0 aliphatic heterocycles. The Labute approximate surface area is 128 Å². The molecule has 114 valence electrons. The van der Waals surface area contributed by atoms with E-state index in [1.165, 1.54) is 6.07 Å². The van der Waals surface area contributed by atoms with Gasteiger partial charge >= 0.3 is 0 Å². The fourth-order valence-corrected chi connectivity index (χ4v) is 2.80. The summed E-state index contributed by atoms with van der Waals surface area (Å²) in [7, 11) is 0. The maximum absolute atomic E-state index is 13.7. The van der Waals surface area contributed by atoms with Crippen molar-refractivity contribution in [3.8, 4) is 0 Å². The number of aliphatic hydroxyl groups is 1. The molecule has 0 radical (unpaired) electrons. The number of hydrogen-bond donors (Lipinski definition) is 2. The summed E-state index contributed by atoms with van der Waals surface area (Å²) < 4.78 is 13.7. The molecular formula is C18H18FNO2. The van der Waals surface area contributed by atoms with Gasteiger partial charge in [0.15, 0.2) is 0 Å². The van der Waals surface area contributed by atoms with Crippen molar-refractivity contribution >= 4 is 5.91 Å². The zero-order valence-electron chi connectivity index (χ0n) is 12.1. The van der Waals surface area contributed by atoms with Crippen molar-refractivity contribution in [2.75, 3.05) is 0 Å². The standard InChI is InChI=1S/C18H18FNO2/c19-17-8-4-3-7-14(17)15-9-16(15)18(22)20-10-12-5-1-2-6-13(12)11-21/h1-8,15-16,21H,9-11H2,(H,20,22). The third-order valence-corrected chi connectivity index (χ3v) is 4.17. The van der Waals surface area contributed by atoms with E-state index in [4.69, 9.17) is 0 Å². The summed E-state index contributed by atoms with van der Waals surface area (Å²) in [5.41, 5.74) is 2.34. The summed E-state index contributed by atoms with van der Waals surface area (Å²) in [4.78, 5) is 12.2. The van der Waals surface area contributed by atoms with E-state index >= 15 is 0 Å². The number of rotatable bonds is 5. The van der Waals surface area contributed by atoms with Crippen molar-refractivity contribution in [3.63, 3.8) is 0 Å². The molecule has 22 heavy (non-hydrogen) atoms. The van der Waals surface area contributed by atoms with Crippen LogP contribution in [0.15, 0.2) is 48.5 Å². The number of aliphatic hydroxyl groups excluding tert-OH is 1. The monoisotopic (exact) mass is 299 g/mol. The van der Waals surface area contributed by atoms with E-state index in [0.29, 0.717) is 18.5 Å². The Morgan fingerprint density at radius 1 is 1.14 bits per heavy atom. The fourth-order valence-electron chi connectivity index (χ4n) is 2.80. The summed E-state index contributed by atoms with van der Waals surface area (Å²) >= 11 is 0. The third kappa shape index (κ3) is 3.02. The van der Waals surface area contributed by atoms with Crippen LogP contribution in [0.1, 0.15) is 29.0 Å². The van der Waals surface area contributed by atoms with Gasteiger partial charge in [0.25, 0.3) is 0 Å². The van der Waals surface area contributed by atoms with Gasteiger partial charge in [-0.2, -0.15) is 0 Å². The molecule has 0 bridgehead atoms. The van der Waals surface area contributed by atoms with Gasteiger partial charge in [0, 0.05) is 12.5 Å². The predicted molar refractivity (Wildman–Crippen MR) is 81.5 cm³/mol. The maximum atomic E-state index is 13.7. The maximum Gasteiger partial charge on any atom is 0.224 e. The van der Waals surface area contributed by atoms with Crippen LogP contribution in [0.5, 0.6) is 0 Å². The van der Waals surface area contributed by atoms with E-state index in [-0.39, 0.29) is 30.2 Å². The van der Waals surface area contributed by atoms with Gasteiger partial charge in [-0.25, -0.2) is 4.39 Å². The minimum atomic E-state index is -0.242. The molecule has 2 aromatic rings. The minimum Gasteiger partial charge on any atom is -0.392 e. The average molecular weight is 299 g/mol. The third-order valence-electron chi connectivity index (χ3n) is 4.17. The average Bonchev–Trinajstić information content (AvgIpc) is 3.34. The van der Waals surface area contributed by atoms with Crippen LogP contribution in [0.4, 0.5) is 4.39 Å². The van der Waals surface area contributed by atoms with E-state index in [9.17, 15) is 14.3 Å². The SMILES string of the molecule is O=C(NCc1ccccc1CO)C1CC1c1ccccc1F. The zero-order chi connectivity index (χ0) is 15.5. The Balaban J connectivity index is 1.59. The summed E-state index contributed by atoms with van der Waals surface area (Å²) in [5, 5.41) is 12.2. The molecule has 0 spiro atoms. The Bertz CT molecular complexity index is 686. The van der Waals surface area contributed by atoms with Crippen LogP contribution in [-0.4, -0.2) is 11.0 Å². The Morgan fingerprint density at radius 2 is 1.82 bits per heavy atom. The van der Waals surface area contributed by atoms with Crippen molar-refractivity contribution in [2.24, 2.45) is 5.92 Å². The Hall–Kier alpha value is -2.20. The highest BCUT2D eigenvalue weighted by atomic mass is 19.1. The highest BCUT2D eigenvalue weighted by Crippen LogP contribution is 2.48. The number of carbonyl (C=O) groups excluding carboxylic acids is 1. The minimum absolute atomic E-state index is 0.0192. The first-order valence-electron chi connectivity index (χ1n) is 7.40. The molecular weight excluding hydrogens is 281 g/mol.